The number of nitrogens with zero attached hydrogens (tertiary/aromatic N) is 2. The van der Waals surface area contributed by atoms with Gasteiger partial charge in [-0.05, 0) is 24.5 Å². The maximum Gasteiger partial charge on any atom is 0.232 e. The Balaban J connectivity index is 1.55. The second-order valence-corrected chi connectivity index (χ2v) is 7.83. The quantitative estimate of drug-likeness (QED) is 0.775. The van der Waals surface area contributed by atoms with Crippen molar-refractivity contribution in [3.05, 3.63) is 0 Å². The lowest BCUT2D eigenvalue weighted by atomic mass is 10.0. The van der Waals surface area contributed by atoms with Crippen molar-refractivity contribution in [1.29, 1.82) is 0 Å². The van der Waals surface area contributed by atoms with Gasteiger partial charge in [0.15, 0.2) is 0 Å². The van der Waals surface area contributed by atoms with Gasteiger partial charge in [0.25, 0.3) is 0 Å². The van der Waals surface area contributed by atoms with Crippen molar-refractivity contribution >= 4 is 17.7 Å². The lowest BCUT2D eigenvalue weighted by Gasteiger charge is -2.38. The van der Waals surface area contributed by atoms with E-state index in [-0.39, 0.29) is 6.10 Å². The van der Waals surface area contributed by atoms with Crippen LogP contribution in [-0.2, 0) is 9.53 Å². The maximum atomic E-state index is 12.2. The van der Waals surface area contributed by atoms with Crippen LogP contribution in [0.1, 0.15) is 32.6 Å². The summed E-state index contributed by atoms with van der Waals surface area (Å²) in [7, 11) is 0. The van der Waals surface area contributed by atoms with Crippen LogP contribution in [0.3, 0.4) is 0 Å². The Morgan fingerprint density at radius 1 is 1.29 bits per heavy atom. The molecule has 0 bridgehead atoms. The summed E-state index contributed by atoms with van der Waals surface area (Å²) >= 11 is 1.72. The molecule has 0 unspecified atom stereocenters. The minimum absolute atomic E-state index is 0.246. The van der Waals surface area contributed by atoms with Crippen molar-refractivity contribution in [1.82, 2.24) is 9.80 Å². The number of hydrogen-bond donors (Lipinski definition) is 0. The first-order chi connectivity index (χ1) is 10.3. The lowest BCUT2D eigenvalue weighted by Crippen LogP contribution is -2.52. The molecule has 0 aromatic carbocycles. The Morgan fingerprint density at radius 2 is 2.10 bits per heavy atom. The number of hydrogen-bond acceptors (Lipinski definition) is 4. The van der Waals surface area contributed by atoms with Crippen molar-refractivity contribution in [2.75, 3.05) is 44.3 Å². The van der Waals surface area contributed by atoms with Gasteiger partial charge in [0.1, 0.15) is 0 Å². The van der Waals surface area contributed by atoms with Crippen LogP contribution < -0.4 is 0 Å². The molecule has 1 amide bonds. The van der Waals surface area contributed by atoms with E-state index in [0.717, 1.165) is 37.9 Å². The number of likely N-dealkylation sites (tertiary alicyclic amines) is 1. The van der Waals surface area contributed by atoms with Gasteiger partial charge in [0.05, 0.1) is 24.5 Å². The summed E-state index contributed by atoms with van der Waals surface area (Å²) in [6, 6.07) is 0.440. The van der Waals surface area contributed by atoms with E-state index in [1.807, 2.05) is 4.90 Å². The van der Waals surface area contributed by atoms with Gasteiger partial charge < -0.3 is 9.64 Å². The molecule has 1 saturated carbocycles. The highest BCUT2D eigenvalue weighted by molar-refractivity contribution is 7.99. The van der Waals surface area contributed by atoms with Crippen molar-refractivity contribution < 1.29 is 9.53 Å². The highest BCUT2D eigenvalue weighted by Crippen LogP contribution is 2.29. The molecule has 3 aliphatic rings. The van der Waals surface area contributed by atoms with E-state index in [1.54, 1.807) is 11.8 Å². The van der Waals surface area contributed by atoms with Crippen molar-refractivity contribution in [2.24, 2.45) is 5.92 Å². The zero-order chi connectivity index (χ0) is 14.7. The minimum atomic E-state index is 0.246. The maximum absolute atomic E-state index is 12.2. The number of rotatable bonds is 5. The standard InChI is InChI=1S/C16H28N2O2S/c1-2-21-12-16(19)18-10-14-15(11-18)20-8-7-17(14)9-13-5-3-4-6-13/h13-15H,2-12H2,1H3/t14-,15-/m0/s1. The van der Waals surface area contributed by atoms with E-state index in [1.165, 1.54) is 32.2 Å². The Morgan fingerprint density at radius 3 is 2.86 bits per heavy atom. The number of ether oxygens (including phenoxy) is 1. The summed E-state index contributed by atoms with van der Waals surface area (Å²) in [5.74, 6) is 2.81. The topological polar surface area (TPSA) is 32.8 Å². The molecule has 5 heteroatoms. The zero-order valence-corrected chi connectivity index (χ0v) is 13.9. The third-order valence-corrected chi connectivity index (χ3v) is 6.03. The second-order valence-electron chi connectivity index (χ2n) is 6.56. The fraction of sp³-hybridized carbons (Fsp3) is 0.938. The van der Waals surface area contributed by atoms with Gasteiger partial charge in [-0.2, -0.15) is 11.8 Å². The molecule has 4 nitrogen and oxygen atoms in total. The highest BCUT2D eigenvalue weighted by Gasteiger charge is 2.42. The minimum Gasteiger partial charge on any atom is -0.373 e. The molecule has 0 radical (unpaired) electrons. The monoisotopic (exact) mass is 312 g/mol. The molecule has 3 fully saturated rings. The average molecular weight is 312 g/mol. The molecular formula is C16H28N2O2S. The number of fused-ring (bicyclic) bond motifs is 1. The summed E-state index contributed by atoms with van der Waals surface area (Å²) < 4.78 is 5.94. The number of amides is 1. The van der Waals surface area contributed by atoms with Gasteiger partial charge in [0, 0.05) is 26.2 Å². The number of thioether (sulfide) groups is 1. The first kappa shape index (κ1) is 15.6. The first-order valence-corrected chi connectivity index (χ1v) is 9.64. The fourth-order valence-corrected chi connectivity index (χ4v) is 4.56. The Hall–Kier alpha value is -0.260. The van der Waals surface area contributed by atoms with E-state index in [2.05, 4.69) is 11.8 Å². The second kappa shape index (κ2) is 7.34. The van der Waals surface area contributed by atoms with Crippen LogP contribution in [0.25, 0.3) is 0 Å². The lowest BCUT2D eigenvalue weighted by molar-refractivity contribution is -0.127. The predicted molar refractivity (Wildman–Crippen MR) is 86.6 cm³/mol. The van der Waals surface area contributed by atoms with E-state index >= 15 is 0 Å². The molecule has 1 aliphatic carbocycles. The van der Waals surface area contributed by atoms with Crippen LogP contribution in [0.4, 0.5) is 0 Å². The van der Waals surface area contributed by atoms with Crippen LogP contribution >= 0.6 is 11.8 Å². The summed E-state index contributed by atoms with van der Waals surface area (Å²) in [4.78, 5) is 16.9. The van der Waals surface area contributed by atoms with Crippen molar-refractivity contribution in [3.8, 4) is 0 Å². The molecule has 2 heterocycles. The van der Waals surface area contributed by atoms with E-state index in [9.17, 15) is 4.79 Å². The van der Waals surface area contributed by atoms with Gasteiger partial charge in [-0.1, -0.05) is 19.8 Å². The van der Waals surface area contributed by atoms with Crippen molar-refractivity contribution in [2.45, 2.75) is 44.8 Å². The molecule has 0 spiro atoms. The normalized spacial score (nSPS) is 30.8. The Labute approximate surface area is 132 Å². The first-order valence-electron chi connectivity index (χ1n) is 8.49. The fourth-order valence-electron chi connectivity index (χ4n) is 3.99. The van der Waals surface area contributed by atoms with Gasteiger partial charge >= 0.3 is 0 Å². The summed E-state index contributed by atoms with van der Waals surface area (Å²) in [5.41, 5.74) is 0. The molecule has 21 heavy (non-hydrogen) atoms. The Bertz CT molecular complexity index is 360. The Kier molecular flexibility index (Phi) is 5.46. The van der Waals surface area contributed by atoms with Crippen LogP contribution in [0, 0.1) is 5.92 Å². The highest BCUT2D eigenvalue weighted by atomic mass is 32.2. The average Bonchev–Trinajstić information content (AvgIpc) is 3.14. The zero-order valence-electron chi connectivity index (χ0n) is 13.1. The SMILES string of the molecule is CCSCC(=O)N1C[C@@H]2OCCN(CC3CCCC3)[C@H]2C1. The smallest absolute Gasteiger partial charge is 0.232 e. The van der Waals surface area contributed by atoms with Gasteiger partial charge in [-0.3, -0.25) is 9.69 Å². The molecule has 3 rings (SSSR count). The van der Waals surface area contributed by atoms with Crippen LogP contribution in [-0.4, -0.2) is 72.1 Å². The number of carbonyl (C=O) groups excluding carboxylic acids is 1. The van der Waals surface area contributed by atoms with Crippen LogP contribution in [0.2, 0.25) is 0 Å². The molecule has 2 saturated heterocycles. The molecule has 0 N–H and O–H groups in total. The number of carbonyl (C=O) groups is 1. The van der Waals surface area contributed by atoms with Crippen molar-refractivity contribution in [3.63, 3.8) is 0 Å². The third kappa shape index (κ3) is 3.74. The predicted octanol–water partition coefficient (Wildman–Crippen LogP) is 1.84. The summed E-state index contributed by atoms with van der Waals surface area (Å²) in [5, 5.41) is 0. The van der Waals surface area contributed by atoms with Crippen LogP contribution in [0.15, 0.2) is 0 Å². The van der Waals surface area contributed by atoms with E-state index in [0.29, 0.717) is 17.7 Å². The van der Waals surface area contributed by atoms with Gasteiger partial charge in [-0.15, -0.1) is 0 Å². The van der Waals surface area contributed by atoms with Gasteiger partial charge in [0.2, 0.25) is 5.91 Å². The van der Waals surface area contributed by atoms with E-state index in [4.69, 9.17) is 4.74 Å². The molecule has 0 aromatic heterocycles. The van der Waals surface area contributed by atoms with Gasteiger partial charge in [-0.25, -0.2) is 0 Å². The molecule has 120 valence electrons. The largest absolute Gasteiger partial charge is 0.373 e. The molecular weight excluding hydrogens is 284 g/mol. The molecule has 2 atom stereocenters. The molecule has 0 aromatic rings. The summed E-state index contributed by atoms with van der Waals surface area (Å²) in [6.07, 6.45) is 5.84. The summed E-state index contributed by atoms with van der Waals surface area (Å²) in [6.45, 7) is 6.88. The van der Waals surface area contributed by atoms with Crippen LogP contribution in [0.5, 0.6) is 0 Å². The number of morpholine rings is 1. The third-order valence-electron chi connectivity index (χ3n) is 5.17. The van der Waals surface area contributed by atoms with E-state index < -0.39 is 0 Å². The molecule has 2 aliphatic heterocycles.